The fourth-order valence-electron chi connectivity index (χ4n) is 1.40. The molecule has 0 saturated heterocycles. The van der Waals surface area contributed by atoms with Crippen molar-refractivity contribution < 1.29 is 13.6 Å². The second-order valence-electron chi connectivity index (χ2n) is 3.73. The third-order valence-corrected chi connectivity index (χ3v) is 3.70. The van der Waals surface area contributed by atoms with Crippen LogP contribution in [0, 0.1) is 6.92 Å². The lowest BCUT2D eigenvalue weighted by Gasteiger charge is -2.07. The molecule has 0 aliphatic rings. The van der Waals surface area contributed by atoms with E-state index in [0.717, 1.165) is 5.56 Å². The Labute approximate surface area is 120 Å². The monoisotopic (exact) mass is 347 g/mol. The molecule has 100 valence electrons. The molecule has 1 heterocycles. The van der Waals surface area contributed by atoms with E-state index in [1.54, 1.807) is 12.1 Å². The lowest BCUT2D eigenvalue weighted by Crippen LogP contribution is -2.13. The third-order valence-electron chi connectivity index (χ3n) is 2.30. The Bertz CT molecular complexity index is 618. The van der Waals surface area contributed by atoms with Crippen LogP contribution >= 0.6 is 27.5 Å². The fourth-order valence-corrected chi connectivity index (χ4v) is 2.56. The lowest BCUT2D eigenvalue weighted by atomic mass is 10.2. The summed E-state index contributed by atoms with van der Waals surface area (Å²) in [5, 5.41) is 5.81. The molecule has 0 saturated carbocycles. The van der Waals surface area contributed by atoms with E-state index in [2.05, 4.69) is 30.8 Å². The second-order valence-corrected chi connectivity index (χ2v) is 5.33. The molecular weight excluding hydrogens is 340 g/mol. The van der Waals surface area contributed by atoms with Gasteiger partial charge < -0.3 is 5.32 Å². The van der Waals surface area contributed by atoms with Crippen LogP contribution in [0.2, 0.25) is 0 Å². The number of carbonyl (C=O) groups excluding carboxylic acids is 1. The maximum Gasteiger partial charge on any atom is 0.283 e. The van der Waals surface area contributed by atoms with Crippen molar-refractivity contribution in [1.82, 2.24) is 9.59 Å². The Morgan fingerprint density at radius 3 is 2.84 bits per heavy atom. The van der Waals surface area contributed by atoms with Crippen LogP contribution in [0.5, 0.6) is 0 Å². The number of amides is 1. The highest BCUT2D eigenvalue weighted by atomic mass is 79.9. The molecule has 0 atom stereocenters. The standard InChI is InChI=1S/C11H8BrF2N3OS/c1-5-2-3-7(6(12)4-5)15-11(18)9-8(10(13)14)16-17-19-9/h2-4,10H,1H3,(H,15,18). The topological polar surface area (TPSA) is 54.9 Å². The van der Waals surface area contributed by atoms with Gasteiger partial charge in [0.15, 0.2) is 5.69 Å². The van der Waals surface area contributed by atoms with E-state index >= 15 is 0 Å². The average molecular weight is 348 g/mol. The molecule has 8 heteroatoms. The van der Waals surface area contributed by atoms with Gasteiger partial charge in [-0.3, -0.25) is 4.79 Å². The summed E-state index contributed by atoms with van der Waals surface area (Å²) in [5.41, 5.74) is 0.924. The Balaban J connectivity index is 2.23. The predicted octanol–water partition coefficient (Wildman–Crippen LogP) is 3.80. The number of hydrogen-bond donors (Lipinski definition) is 1. The van der Waals surface area contributed by atoms with Crippen LogP contribution in [-0.2, 0) is 0 Å². The normalized spacial score (nSPS) is 10.8. The van der Waals surface area contributed by atoms with Gasteiger partial charge >= 0.3 is 0 Å². The van der Waals surface area contributed by atoms with Gasteiger partial charge in [0, 0.05) is 4.47 Å². The van der Waals surface area contributed by atoms with Crippen LogP contribution in [0.1, 0.15) is 27.4 Å². The summed E-state index contributed by atoms with van der Waals surface area (Å²) in [6.45, 7) is 1.90. The Morgan fingerprint density at radius 1 is 1.47 bits per heavy atom. The van der Waals surface area contributed by atoms with Gasteiger partial charge in [0.1, 0.15) is 4.88 Å². The summed E-state index contributed by atoms with van der Waals surface area (Å²) in [6.07, 6.45) is -2.82. The summed E-state index contributed by atoms with van der Waals surface area (Å²) in [7, 11) is 0. The zero-order chi connectivity index (χ0) is 14.0. The molecule has 0 aliphatic carbocycles. The number of nitrogens with one attached hydrogen (secondary N) is 1. The molecule has 1 N–H and O–H groups in total. The molecule has 0 aliphatic heterocycles. The molecule has 1 aromatic carbocycles. The van der Waals surface area contributed by atoms with E-state index in [0.29, 0.717) is 21.7 Å². The zero-order valence-corrected chi connectivity index (χ0v) is 12.1. The highest BCUT2D eigenvalue weighted by molar-refractivity contribution is 9.10. The Hall–Kier alpha value is -1.41. The number of carbonyl (C=O) groups is 1. The highest BCUT2D eigenvalue weighted by Gasteiger charge is 2.23. The van der Waals surface area contributed by atoms with Gasteiger partial charge in [0.05, 0.1) is 5.69 Å². The van der Waals surface area contributed by atoms with Gasteiger partial charge in [-0.15, -0.1) is 5.10 Å². The summed E-state index contributed by atoms with van der Waals surface area (Å²) in [4.78, 5) is 11.7. The van der Waals surface area contributed by atoms with Crippen molar-refractivity contribution in [3.8, 4) is 0 Å². The van der Waals surface area contributed by atoms with Crippen LogP contribution in [0.3, 0.4) is 0 Å². The molecule has 0 fully saturated rings. The highest BCUT2D eigenvalue weighted by Crippen LogP contribution is 2.27. The van der Waals surface area contributed by atoms with E-state index in [9.17, 15) is 13.6 Å². The summed E-state index contributed by atoms with van der Waals surface area (Å²) < 4.78 is 29.3. The maximum atomic E-state index is 12.6. The molecule has 4 nitrogen and oxygen atoms in total. The minimum absolute atomic E-state index is 0.178. The number of aromatic nitrogens is 2. The number of alkyl halides is 2. The molecule has 2 rings (SSSR count). The molecule has 0 radical (unpaired) electrons. The van der Waals surface area contributed by atoms with Crippen molar-refractivity contribution >= 4 is 39.1 Å². The van der Waals surface area contributed by atoms with Crippen molar-refractivity contribution in [3.63, 3.8) is 0 Å². The largest absolute Gasteiger partial charge is 0.320 e. The van der Waals surface area contributed by atoms with Crippen LogP contribution in [-0.4, -0.2) is 15.5 Å². The SMILES string of the molecule is Cc1ccc(NC(=O)c2snnc2C(F)F)c(Br)c1. The number of anilines is 1. The van der Waals surface area contributed by atoms with E-state index in [1.165, 1.54) is 0 Å². The van der Waals surface area contributed by atoms with Crippen molar-refractivity contribution in [2.45, 2.75) is 13.3 Å². The number of nitrogens with zero attached hydrogens (tertiary/aromatic N) is 2. The van der Waals surface area contributed by atoms with Crippen LogP contribution < -0.4 is 5.32 Å². The fraction of sp³-hybridized carbons (Fsp3) is 0.182. The van der Waals surface area contributed by atoms with Crippen LogP contribution in [0.4, 0.5) is 14.5 Å². The Morgan fingerprint density at radius 2 is 2.21 bits per heavy atom. The number of rotatable bonds is 3. The molecular formula is C11H8BrF2N3OS. The minimum Gasteiger partial charge on any atom is -0.320 e. The van der Waals surface area contributed by atoms with Crippen molar-refractivity contribution in [1.29, 1.82) is 0 Å². The summed E-state index contributed by atoms with van der Waals surface area (Å²) in [5.74, 6) is -0.644. The van der Waals surface area contributed by atoms with Crippen molar-refractivity contribution in [2.75, 3.05) is 5.32 Å². The van der Waals surface area contributed by atoms with Gasteiger partial charge in [-0.1, -0.05) is 10.6 Å². The van der Waals surface area contributed by atoms with Gasteiger partial charge in [0.25, 0.3) is 12.3 Å². The number of hydrogen-bond acceptors (Lipinski definition) is 4. The van der Waals surface area contributed by atoms with E-state index < -0.39 is 18.0 Å². The lowest BCUT2D eigenvalue weighted by molar-refractivity contribution is 0.101. The smallest absolute Gasteiger partial charge is 0.283 e. The van der Waals surface area contributed by atoms with Gasteiger partial charge in [-0.2, -0.15) is 0 Å². The van der Waals surface area contributed by atoms with Gasteiger partial charge in [-0.25, -0.2) is 8.78 Å². The maximum absolute atomic E-state index is 12.6. The predicted molar refractivity (Wildman–Crippen MR) is 71.7 cm³/mol. The van der Waals surface area contributed by atoms with Crippen LogP contribution in [0.25, 0.3) is 0 Å². The van der Waals surface area contributed by atoms with E-state index in [4.69, 9.17) is 0 Å². The number of halogens is 3. The molecule has 0 bridgehead atoms. The average Bonchev–Trinajstić information content (AvgIpc) is 2.82. The Kier molecular flexibility index (Phi) is 4.20. The molecule has 0 spiro atoms. The number of aryl methyl sites for hydroxylation is 1. The third kappa shape index (κ3) is 3.13. The van der Waals surface area contributed by atoms with Gasteiger partial charge in [0.2, 0.25) is 0 Å². The first-order valence-corrected chi connectivity index (χ1v) is 6.73. The quantitative estimate of drug-likeness (QED) is 0.918. The molecule has 0 unspecified atom stereocenters. The van der Waals surface area contributed by atoms with Gasteiger partial charge in [-0.05, 0) is 52.1 Å². The summed E-state index contributed by atoms with van der Waals surface area (Å²) >= 11 is 3.94. The molecule has 1 amide bonds. The number of benzene rings is 1. The molecule has 2 aromatic rings. The first-order chi connectivity index (χ1) is 8.99. The first-order valence-electron chi connectivity index (χ1n) is 5.17. The first kappa shape index (κ1) is 14.0. The molecule has 1 aromatic heterocycles. The van der Waals surface area contributed by atoms with Crippen LogP contribution in [0.15, 0.2) is 22.7 Å². The zero-order valence-electron chi connectivity index (χ0n) is 9.65. The van der Waals surface area contributed by atoms with Crippen molar-refractivity contribution in [3.05, 3.63) is 38.8 Å². The summed E-state index contributed by atoms with van der Waals surface area (Å²) in [6, 6.07) is 5.31. The van der Waals surface area contributed by atoms with E-state index in [-0.39, 0.29) is 4.88 Å². The second kappa shape index (κ2) is 5.70. The van der Waals surface area contributed by atoms with E-state index in [1.807, 2.05) is 13.0 Å². The van der Waals surface area contributed by atoms with Crippen molar-refractivity contribution in [2.24, 2.45) is 0 Å². The minimum atomic E-state index is -2.82. The molecule has 19 heavy (non-hydrogen) atoms.